The van der Waals surface area contributed by atoms with Crippen LogP contribution in [0.25, 0.3) is 0 Å². The molecular weight excluding hydrogens is 129 g/mol. The van der Waals surface area contributed by atoms with Crippen LogP contribution in [0.3, 0.4) is 0 Å². The SMILES string of the molecule is CCC1=CCC=CC(F)=N1. The molecule has 0 N–H and O–H groups in total. The largest absolute Gasteiger partial charge is 0.225 e. The van der Waals surface area contributed by atoms with Gasteiger partial charge in [0.25, 0.3) is 0 Å². The number of hydrogen-bond acceptors (Lipinski definition) is 1. The summed E-state index contributed by atoms with van der Waals surface area (Å²) >= 11 is 0. The number of nitrogens with zero attached hydrogens (tertiary/aromatic N) is 1. The van der Waals surface area contributed by atoms with Gasteiger partial charge >= 0.3 is 0 Å². The zero-order chi connectivity index (χ0) is 7.40. The van der Waals surface area contributed by atoms with Gasteiger partial charge in [0.05, 0.1) is 0 Å². The highest BCUT2D eigenvalue weighted by molar-refractivity contribution is 5.87. The zero-order valence-corrected chi connectivity index (χ0v) is 5.97. The van der Waals surface area contributed by atoms with E-state index < -0.39 is 0 Å². The molecule has 0 amide bonds. The molecule has 1 nitrogen and oxygen atoms in total. The lowest BCUT2D eigenvalue weighted by molar-refractivity contribution is 0.806. The molecule has 1 heterocycles. The van der Waals surface area contributed by atoms with Crippen LogP contribution in [0.4, 0.5) is 4.39 Å². The van der Waals surface area contributed by atoms with Crippen LogP contribution in [-0.2, 0) is 0 Å². The number of rotatable bonds is 1. The third kappa shape index (κ3) is 1.79. The first-order valence-corrected chi connectivity index (χ1v) is 3.42. The Balaban J connectivity index is 2.77. The van der Waals surface area contributed by atoms with E-state index in [1.54, 1.807) is 6.08 Å². The van der Waals surface area contributed by atoms with E-state index in [2.05, 4.69) is 4.99 Å². The van der Waals surface area contributed by atoms with Crippen LogP contribution >= 0.6 is 0 Å². The molecule has 0 fully saturated rings. The Morgan fingerprint density at radius 2 is 2.50 bits per heavy atom. The quantitative estimate of drug-likeness (QED) is 0.529. The molecule has 54 valence electrons. The molecule has 0 saturated heterocycles. The van der Waals surface area contributed by atoms with Crippen LogP contribution in [-0.4, -0.2) is 5.97 Å². The lowest BCUT2D eigenvalue weighted by Gasteiger charge is -1.91. The van der Waals surface area contributed by atoms with Crippen molar-refractivity contribution < 1.29 is 4.39 Å². The Hall–Kier alpha value is -0.920. The summed E-state index contributed by atoms with van der Waals surface area (Å²) in [5, 5.41) is 0. The highest BCUT2D eigenvalue weighted by Gasteiger charge is 1.96. The van der Waals surface area contributed by atoms with Crippen molar-refractivity contribution in [1.82, 2.24) is 0 Å². The van der Waals surface area contributed by atoms with Crippen LogP contribution in [0.15, 0.2) is 28.9 Å². The smallest absolute Gasteiger partial charge is 0.212 e. The molecule has 0 bridgehead atoms. The summed E-state index contributed by atoms with van der Waals surface area (Å²) in [4.78, 5) is 3.72. The van der Waals surface area contributed by atoms with Crippen LogP contribution < -0.4 is 0 Å². The van der Waals surface area contributed by atoms with Crippen LogP contribution in [0.5, 0.6) is 0 Å². The van der Waals surface area contributed by atoms with Gasteiger partial charge in [0.15, 0.2) is 0 Å². The summed E-state index contributed by atoms with van der Waals surface area (Å²) in [5.74, 6) is -0.384. The predicted molar refractivity (Wildman–Crippen MR) is 40.7 cm³/mol. The van der Waals surface area contributed by atoms with Crippen LogP contribution in [0.1, 0.15) is 19.8 Å². The van der Waals surface area contributed by atoms with E-state index in [9.17, 15) is 4.39 Å². The molecule has 1 aliphatic heterocycles. The van der Waals surface area contributed by atoms with Crippen molar-refractivity contribution in [3.8, 4) is 0 Å². The Morgan fingerprint density at radius 1 is 1.70 bits per heavy atom. The van der Waals surface area contributed by atoms with Gasteiger partial charge in [0, 0.05) is 5.70 Å². The second kappa shape index (κ2) is 3.30. The van der Waals surface area contributed by atoms with Crippen molar-refractivity contribution >= 4 is 5.97 Å². The molecule has 1 rings (SSSR count). The molecule has 0 aromatic heterocycles. The first-order valence-electron chi connectivity index (χ1n) is 3.42. The summed E-state index contributed by atoms with van der Waals surface area (Å²) in [5.41, 5.74) is 0.836. The fourth-order valence-corrected chi connectivity index (χ4v) is 0.813. The van der Waals surface area contributed by atoms with Crippen molar-refractivity contribution in [3.05, 3.63) is 23.9 Å². The molecule has 0 aromatic carbocycles. The van der Waals surface area contributed by atoms with Crippen molar-refractivity contribution in [1.29, 1.82) is 0 Å². The van der Waals surface area contributed by atoms with E-state index in [-0.39, 0.29) is 5.97 Å². The highest BCUT2D eigenvalue weighted by Crippen LogP contribution is 2.09. The molecule has 2 heteroatoms. The maximum absolute atomic E-state index is 12.5. The number of allylic oxidation sites excluding steroid dienone is 4. The predicted octanol–water partition coefficient (Wildman–Crippen LogP) is 2.61. The fraction of sp³-hybridized carbons (Fsp3) is 0.375. The number of halogens is 1. The summed E-state index contributed by atoms with van der Waals surface area (Å²) in [6.45, 7) is 1.97. The first-order chi connectivity index (χ1) is 4.83. The Morgan fingerprint density at radius 3 is 3.20 bits per heavy atom. The second-order valence-electron chi connectivity index (χ2n) is 2.12. The standard InChI is InChI=1S/C8H10FN/c1-2-7-5-3-4-6-8(9)10-7/h4-6H,2-3H2,1H3. The van der Waals surface area contributed by atoms with Crippen LogP contribution in [0, 0.1) is 0 Å². The third-order valence-corrected chi connectivity index (χ3v) is 1.36. The molecule has 1 aliphatic rings. The number of aliphatic imine (C=N–C) groups is 1. The van der Waals surface area contributed by atoms with Crippen molar-refractivity contribution in [3.63, 3.8) is 0 Å². The Kier molecular flexibility index (Phi) is 2.37. The van der Waals surface area contributed by atoms with Gasteiger partial charge in [-0.25, -0.2) is 4.99 Å². The maximum Gasteiger partial charge on any atom is 0.212 e. The average Bonchev–Trinajstić information content (AvgIpc) is 2.13. The van der Waals surface area contributed by atoms with E-state index in [0.717, 1.165) is 18.5 Å². The summed E-state index contributed by atoms with van der Waals surface area (Å²) < 4.78 is 12.5. The van der Waals surface area contributed by atoms with Gasteiger partial charge in [-0.1, -0.05) is 19.1 Å². The minimum Gasteiger partial charge on any atom is -0.225 e. The van der Waals surface area contributed by atoms with Crippen LogP contribution in [0.2, 0.25) is 0 Å². The normalized spacial score (nSPS) is 17.8. The van der Waals surface area contributed by atoms with E-state index in [0.29, 0.717) is 0 Å². The minimum absolute atomic E-state index is 0.384. The van der Waals surface area contributed by atoms with Gasteiger partial charge in [0.2, 0.25) is 5.97 Å². The Labute approximate surface area is 60.0 Å². The fourth-order valence-electron chi connectivity index (χ4n) is 0.813. The van der Waals surface area contributed by atoms with Gasteiger partial charge in [0.1, 0.15) is 0 Å². The first kappa shape index (κ1) is 7.19. The van der Waals surface area contributed by atoms with Crippen molar-refractivity contribution in [2.45, 2.75) is 19.8 Å². The lowest BCUT2D eigenvalue weighted by atomic mass is 10.3. The summed E-state index contributed by atoms with van der Waals surface area (Å²) in [6.07, 6.45) is 6.69. The second-order valence-corrected chi connectivity index (χ2v) is 2.12. The van der Waals surface area contributed by atoms with Gasteiger partial charge in [-0.3, -0.25) is 0 Å². The highest BCUT2D eigenvalue weighted by atomic mass is 19.1. The van der Waals surface area contributed by atoms with Gasteiger partial charge in [-0.05, 0) is 18.9 Å². The molecule has 0 aliphatic carbocycles. The van der Waals surface area contributed by atoms with Gasteiger partial charge < -0.3 is 0 Å². The van der Waals surface area contributed by atoms with Gasteiger partial charge in [-0.2, -0.15) is 4.39 Å². The molecule has 10 heavy (non-hydrogen) atoms. The zero-order valence-electron chi connectivity index (χ0n) is 5.97. The summed E-state index contributed by atoms with van der Waals surface area (Å²) in [6, 6.07) is 0. The molecular formula is C8H10FN. The topological polar surface area (TPSA) is 12.4 Å². The average molecular weight is 139 g/mol. The van der Waals surface area contributed by atoms with Crippen molar-refractivity contribution in [2.75, 3.05) is 0 Å². The van der Waals surface area contributed by atoms with Gasteiger partial charge in [-0.15, -0.1) is 0 Å². The molecule has 0 atom stereocenters. The molecule has 0 aromatic rings. The molecule has 0 saturated carbocycles. The monoisotopic (exact) mass is 139 g/mol. The molecule has 0 radical (unpaired) electrons. The van der Waals surface area contributed by atoms with E-state index in [1.165, 1.54) is 6.08 Å². The molecule has 0 unspecified atom stereocenters. The molecule has 0 spiro atoms. The maximum atomic E-state index is 12.5. The van der Waals surface area contributed by atoms with E-state index in [4.69, 9.17) is 0 Å². The Bertz CT molecular complexity index is 201. The lowest BCUT2D eigenvalue weighted by Crippen LogP contribution is -1.81. The third-order valence-electron chi connectivity index (χ3n) is 1.36. The minimum atomic E-state index is -0.384. The number of hydrogen-bond donors (Lipinski definition) is 0. The van der Waals surface area contributed by atoms with E-state index in [1.807, 2.05) is 13.0 Å². The van der Waals surface area contributed by atoms with E-state index >= 15 is 0 Å². The van der Waals surface area contributed by atoms with Crippen molar-refractivity contribution in [2.24, 2.45) is 4.99 Å². The summed E-state index contributed by atoms with van der Waals surface area (Å²) in [7, 11) is 0.